The number of aliphatic hydroxyl groups excluding tert-OH is 3. The third kappa shape index (κ3) is 4.91. The molecule has 6 aromatic carbocycles. The summed E-state index contributed by atoms with van der Waals surface area (Å²) in [7, 11) is 0. The molecule has 310 valence electrons. The molecule has 11 N–H and O–H groups in total. The van der Waals surface area contributed by atoms with E-state index in [1.807, 2.05) is 0 Å². The summed E-state index contributed by atoms with van der Waals surface area (Å²) >= 11 is 0. The lowest BCUT2D eigenvalue weighted by Crippen LogP contribution is -2.59. The van der Waals surface area contributed by atoms with E-state index in [1.165, 1.54) is 60.7 Å². The fourth-order valence-electron chi connectivity index (χ4n) is 9.60. The van der Waals surface area contributed by atoms with Crippen LogP contribution in [-0.4, -0.2) is 74.5 Å². The summed E-state index contributed by atoms with van der Waals surface area (Å²) in [5.41, 5.74) is 0.847. The molecule has 0 saturated heterocycles. The van der Waals surface area contributed by atoms with E-state index in [2.05, 4.69) is 0 Å². The molecule has 0 saturated carbocycles. The standard InChI is InChI=1S/C45H34O16/c46-20-6-1-17(2-7-20)39-29(54)14-23-25(50)15-31-35(40(23)57-39)38-34-28(53)16-32-36(41(34)61-45(60-31,43(38)56)19-5-10-24(49)26(51)11-19)37-33-27(52)12-22(48)13-30(33)58-44(59-32,42(37)55)18-3-8-21(47)9-4-18/h1-13,15-16,29,37-39,42-43,46-56H,14H2/t29-,37?,38?,39?,42+,43+,44-,45+/m1/s1. The van der Waals surface area contributed by atoms with Crippen LogP contribution in [0.3, 0.4) is 0 Å². The van der Waals surface area contributed by atoms with Gasteiger partial charge in [0.15, 0.2) is 11.5 Å². The first-order chi connectivity index (χ1) is 29.2. The minimum atomic E-state index is -2.36. The Kier molecular flexibility index (Phi) is 7.41. The smallest absolute Gasteiger partial charge is 0.305 e. The predicted octanol–water partition coefficient (Wildman–Crippen LogP) is 4.63. The monoisotopic (exact) mass is 830 g/mol. The number of aliphatic hydroxyl groups is 3. The Hall–Kier alpha value is -7.40. The lowest BCUT2D eigenvalue weighted by Gasteiger charge is -2.53. The first-order valence-corrected chi connectivity index (χ1v) is 19.1. The average molecular weight is 831 g/mol. The molecule has 5 aliphatic heterocycles. The highest BCUT2D eigenvalue weighted by Gasteiger charge is 2.64. The normalized spacial score (nSPS) is 27.2. The van der Waals surface area contributed by atoms with Crippen LogP contribution in [0.2, 0.25) is 0 Å². The van der Waals surface area contributed by atoms with Gasteiger partial charge < -0.3 is 79.9 Å². The Morgan fingerprint density at radius 1 is 0.443 bits per heavy atom. The number of hydrogen-bond donors (Lipinski definition) is 11. The van der Waals surface area contributed by atoms with Gasteiger partial charge >= 0.3 is 11.6 Å². The maximum Gasteiger partial charge on any atom is 0.305 e. The van der Waals surface area contributed by atoms with E-state index in [1.54, 1.807) is 12.1 Å². The summed E-state index contributed by atoms with van der Waals surface area (Å²) in [5.74, 6) is -10.6. The van der Waals surface area contributed by atoms with Crippen molar-refractivity contribution in [3.63, 3.8) is 0 Å². The van der Waals surface area contributed by atoms with E-state index in [9.17, 15) is 56.2 Å². The van der Waals surface area contributed by atoms with Gasteiger partial charge in [0.2, 0.25) is 0 Å². The summed E-state index contributed by atoms with van der Waals surface area (Å²) in [4.78, 5) is 0. The lowest BCUT2D eigenvalue weighted by molar-refractivity contribution is -0.227. The summed E-state index contributed by atoms with van der Waals surface area (Å²) in [6.45, 7) is 0. The third-order valence-corrected chi connectivity index (χ3v) is 12.3. The van der Waals surface area contributed by atoms with Gasteiger partial charge in [0, 0.05) is 69.6 Å². The van der Waals surface area contributed by atoms with Gasteiger partial charge in [-0.05, 0) is 60.2 Å². The van der Waals surface area contributed by atoms with Gasteiger partial charge in [-0.3, -0.25) is 0 Å². The largest absolute Gasteiger partial charge is 0.508 e. The van der Waals surface area contributed by atoms with Crippen molar-refractivity contribution in [3.8, 4) is 74.7 Å². The van der Waals surface area contributed by atoms with Gasteiger partial charge in [0.25, 0.3) is 0 Å². The highest BCUT2D eigenvalue weighted by Crippen LogP contribution is 2.67. The van der Waals surface area contributed by atoms with Crippen LogP contribution in [0.4, 0.5) is 0 Å². The number of rotatable bonds is 3. The molecule has 6 aromatic rings. The summed E-state index contributed by atoms with van der Waals surface area (Å²) < 4.78 is 32.8. The lowest BCUT2D eigenvalue weighted by atomic mass is 9.70. The van der Waals surface area contributed by atoms with Gasteiger partial charge in [-0.2, -0.15) is 0 Å². The predicted molar refractivity (Wildman–Crippen MR) is 207 cm³/mol. The molecule has 11 rings (SSSR count). The van der Waals surface area contributed by atoms with E-state index < -0.39 is 70.8 Å². The Labute approximate surface area is 343 Å². The van der Waals surface area contributed by atoms with E-state index in [0.717, 1.165) is 18.2 Å². The summed E-state index contributed by atoms with van der Waals surface area (Å²) in [6.07, 6.45) is -5.91. The molecule has 0 radical (unpaired) electrons. The maximum atomic E-state index is 12.7. The number of phenols is 8. The SMILES string of the molecule is Oc1ccc(C2Oc3c(c(O)cc4c3C3c5c(O)cc6c(c5O[C@](c5ccc(O)c(O)c5)(O4)[C@H]3O)C3c4c(O)cc(O)cc4O[C@](c4ccc(O)cc4)(O6)[C@H]3O)C[C@H]2O)cc1. The van der Waals surface area contributed by atoms with Gasteiger partial charge in [0.05, 0.1) is 17.9 Å². The van der Waals surface area contributed by atoms with Crippen molar-refractivity contribution in [2.24, 2.45) is 0 Å². The Morgan fingerprint density at radius 2 is 0.984 bits per heavy atom. The van der Waals surface area contributed by atoms with Crippen molar-refractivity contribution in [1.82, 2.24) is 0 Å². The fourth-order valence-corrected chi connectivity index (χ4v) is 9.60. The van der Waals surface area contributed by atoms with Gasteiger partial charge in [0.1, 0.15) is 81.6 Å². The molecule has 5 heterocycles. The topological polar surface area (TPSA) is 269 Å². The number of fused-ring (bicyclic) bond motifs is 15. The molecule has 0 aliphatic carbocycles. The van der Waals surface area contributed by atoms with Crippen molar-refractivity contribution >= 4 is 0 Å². The number of benzene rings is 6. The van der Waals surface area contributed by atoms with E-state index in [0.29, 0.717) is 5.56 Å². The zero-order chi connectivity index (χ0) is 42.4. The second kappa shape index (κ2) is 12.3. The molecule has 5 aliphatic rings. The van der Waals surface area contributed by atoms with Crippen LogP contribution in [0.15, 0.2) is 91.0 Å². The average Bonchev–Trinajstić information content (AvgIpc) is 3.20. The molecule has 4 bridgehead atoms. The molecule has 8 atom stereocenters. The van der Waals surface area contributed by atoms with Crippen molar-refractivity contribution in [3.05, 3.63) is 136 Å². The van der Waals surface area contributed by atoms with Crippen LogP contribution in [0.5, 0.6) is 74.7 Å². The molecule has 0 aromatic heterocycles. The van der Waals surface area contributed by atoms with Crippen LogP contribution in [0, 0.1) is 0 Å². The van der Waals surface area contributed by atoms with Crippen molar-refractivity contribution in [2.75, 3.05) is 0 Å². The first kappa shape index (κ1) is 36.7. The number of aromatic hydroxyl groups is 8. The zero-order valence-electron chi connectivity index (χ0n) is 31.3. The van der Waals surface area contributed by atoms with E-state index in [4.69, 9.17) is 23.7 Å². The fraction of sp³-hybridized carbons (Fsp3) is 0.200. The molecule has 0 spiro atoms. The molecule has 0 amide bonds. The molecular weight excluding hydrogens is 796 g/mol. The second-order valence-electron chi connectivity index (χ2n) is 15.8. The molecule has 0 fully saturated rings. The highest BCUT2D eigenvalue weighted by molar-refractivity contribution is 5.73. The number of hydrogen-bond acceptors (Lipinski definition) is 16. The van der Waals surface area contributed by atoms with Crippen LogP contribution < -0.4 is 23.7 Å². The number of phenolic OH excluding ortho intramolecular Hbond substituents is 8. The zero-order valence-corrected chi connectivity index (χ0v) is 31.3. The summed E-state index contributed by atoms with van der Waals surface area (Å²) in [5, 5.41) is 124. The molecule has 3 unspecified atom stereocenters. The van der Waals surface area contributed by atoms with Crippen molar-refractivity contribution in [1.29, 1.82) is 0 Å². The van der Waals surface area contributed by atoms with Crippen LogP contribution in [0.25, 0.3) is 0 Å². The van der Waals surface area contributed by atoms with Crippen molar-refractivity contribution < 1.29 is 79.9 Å². The molecular formula is C45H34O16. The van der Waals surface area contributed by atoms with E-state index >= 15 is 0 Å². The molecule has 16 heteroatoms. The van der Waals surface area contributed by atoms with E-state index in [-0.39, 0.29) is 97.1 Å². The highest BCUT2D eigenvalue weighted by atomic mass is 16.7. The minimum Gasteiger partial charge on any atom is -0.508 e. The quantitative estimate of drug-likeness (QED) is 0.109. The Bertz CT molecular complexity index is 2840. The van der Waals surface area contributed by atoms with Crippen molar-refractivity contribution in [2.45, 2.75) is 54.2 Å². The maximum absolute atomic E-state index is 12.7. The molecule has 16 nitrogen and oxygen atoms in total. The van der Waals surface area contributed by atoms with Gasteiger partial charge in [-0.25, -0.2) is 0 Å². The van der Waals surface area contributed by atoms with Crippen LogP contribution >= 0.6 is 0 Å². The first-order valence-electron chi connectivity index (χ1n) is 19.1. The van der Waals surface area contributed by atoms with Crippen LogP contribution in [-0.2, 0) is 18.0 Å². The number of ether oxygens (including phenoxy) is 5. The van der Waals surface area contributed by atoms with Crippen LogP contribution in [0.1, 0.15) is 62.4 Å². The van der Waals surface area contributed by atoms with Gasteiger partial charge in [-0.15, -0.1) is 0 Å². The second-order valence-corrected chi connectivity index (χ2v) is 15.8. The van der Waals surface area contributed by atoms with Gasteiger partial charge in [-0.1, -0.05) is 12.1 Å². The molecule has 61 heavy (non-hydrogen) atoms. The minimum absolute atomic E-state index is 0.00159. The Balaban J connectivity index is 1.20. The third-order valence-electron chi connectivity index (χ3n) is 12.3. The Morgan fingerprint density at radius 3 is 1.64 bits per heavy atom. The summed E-state index contributed by atoms with van der Waals surface area (Å²) in [6, 6.07) is 19.9.